The van der Waals surface area contributed by atoms with Crippen molar-refractivity contribution < 1.29 is 14.3 Å². The van der Waals surface area contributed by atoms with Crippen molar-refractivity contribution in [1.82, 2.24) is 9.55 Å². The van der Waals surface area contributed by atoms with Crippen LogP contribution < -0.4 is 10.3 Å². The van der Waals surface area contributed by atoms with Crippen molar-refractivity contribution in [3.05, 3.63) is 81.2 Å². The van der Waals surface area contributed by atoms with Gasteiger partial charge in [-0.05, 0) is 36.6 Å². The second-order valence-electron chi connectivity index (χ2n) is 7.34. The van der Waals surface area contributed by atoms with Gasteiger partial charge in [-0.25, -0.2) is 9.78 Å². The lowest BCUT2D eigenvalue weighted by atomic mass is 10.0. The standard InChI is InChI=1S/C25H24N2O4S/c1-5-19-20(17-12-9-13-18(14-17)30-3)21-23(32-19)26-15(2)27(24(21)28)22(25(29)31-4)16-10-7-6-8-11-16/h6-14,22H,5H2,1-4H3. The SMILES string of the molecule is CCc1sc2nc(C)n(C(C(=O)OC)c3ccccc3)c(=O)c2c1-c1cccc(OC)c1. The van der Waals surface area contributed by atoms with Crippen LogP contribution in [-0.2, 0) is 16.0 Å². The Morgan fingerprint density at radius 2 is 1.88 bits per heavy atom. The third-order valence-electron chi connectivity index (χ3n) is 5.48. The molecule has 0 saturated carbocycles. The van der Waals surface area contributed by atoms with E-state index in [1.54, 1.807) is 14.0 Å². The first-order valence-corrected chi connectivity index (χ1v) is 11.1. The fourth-order valence-electron chi connectivity index (χ4n) is 3.98. The average molecular weight is 449 g/mol. The largest absolute Gasteiger partial charge is 0.497 e. The topological polar surface area (TPSA) is 70.4 Å². The number of hydrogen-bond acceptors (Lipinski definition) is 6. The number of carbonyl (C=O) groups is 1. The summed E-state index contributed by atoms with van der Waals surface area (Å²) in [6.07, 6.45) is 0.755. The van der Waals surface area contributed by atoms with Crippen LogP contribution >= 0.6 is 11.3 Å². The first kappa shape index (κ1) is 21.8. The maximum absolute atomic E-state index is 14.0. The minimum absolute atomic E-state index is 0.263. The fourth-order valence-corrected chi connectivity index (χ4v) is 5.15. The molecule has 4 aromatic rings. The van der Waals surface area contributed by atoms with Crippen LogP contribution in [0.5, 0.6) is 5.75 Å². The summed E-state index contributed by atoms with van der Waals surface area (Å²) in [5, 5.41) is 0.510. The van der Waals surface area contributed by atoms with Gasteiger partial charge in [-0.15, -0.1) is 11.3 Å². The van der Waals surface area contributed by atoms with Crippen molar-refractivity contribution in [3.63, 3.8) is 0 Å². The maximum atomic E-state index is 14.0. The highest BCUT2D eigenvalue weighted by Gasteiger charge is 2.29. The number of ether oxygens (including phenoxy) is 2. The molecule has 1 atom stereocenters. The number of aromatic nitrogens is 2. The molecule has 0 spiro atoms. The van der Waals surface area contributed by atoms with E-state index < -0.39 is 12.0 Å². The van der Waals surface area contributed by atoms with Crippen LogP contribution in [0.3, 0.4) is 0 Å². The summed E-state index contributed by atoms with van der Waals surface area (Å²) in [6.45, 7) is 3.80. The van der Waals surface area contributed by atoms with E-state index in [0.717, 1.165) is 22.4 Å². The van der Waals surface area contributed by atoms with E-state index >= 15 is 0 Å². The molecule has 0 amide bonds. The molecular formula is C25H24N2O4S. The summed E-state index contributed by atoms with van der Waals surface area (Å²) in [4.78, 5) is 33.2. The zero-order valence-corrected chi connectivity index (χ0v) is 19.2. The van der Waals surface area contributed by atoms with Gasteiger partial charge in [0.15, 0.2) is 6.04 Å². The lowest BCUT2D eigenvalue weighted by Crippen LogP contribution is -2.33. The molecule has 0 N–H and O–H groups in total. The predicted octanol–water partition coefficient (Wildman–Crippen LogP) is 4.77. The molecular weight excluding hydrogens is 424 g/mol. The molecule has 0 fully saturated rings. The molecule has 32 heavy (non-hydrogen) atoms. The molecule has 2 heterocycles. The number of methoxy groups -OCH3 is 2. The molecule has 0 saturated heterocycles. The second-order valence-corrected chi connectivity index (χ2v) is 8.42. The Bertz CT molecular complexity index is 1340. The third kappa shape index (κ3) is 3.69. The van der Waals surface area contributed by atoms with E-state index in [2.05, 4.69) is 6.92 Å². The Labute approximate surface area is 190 Å². The second kappa shape index (κ2) is 8.96. The van der Waals surface area contributed by atoms with E-state index in [-0.39, 0.29) is 5.56 Å². The van der Waals surface area contributed by atoms with Gasteiger partial charge >= 0.3 is 5.97 Å². The maximum Gasteiger partial charge on any atom is 0.333 e. The Morgan fingerprint density at radius 1 is 1.12 bits per heavy atom. The smallest absolute Gasteiger partial charge is 0.333 e. The van der Waals surface area contributed by atoms with Gasteiger partial charge in [0.05, 0.1) is 19.6 Å². The number of carbonyl (C=O) groups excluding carboxylic acids is 1. The molecule has 0 radical (unpaired) electrons. The van der Waals surface area contributed by atoms with Gasteiger partial charge in [0.1, 0.15) is 16.4 Å². The van der Waals surface area contributed by atoms with Crippen LogP contribution in [0, 0.1) is 6.92 Å². The van der Waals surface area contributed by atoms with Gasteiger partial charge in [-0.1, -0.05) is 49.4 Å². The van der Waals surface area contributed by atoms with Gasteiger partial charge < -0.3 is 9.47 Å². The summed E-state index contributed by atoms with van der Waals surface area (Å²) >= 11 is 1.51. The molecule has 0 bridgehead atoms. The molecule has 0 aliphatic heterocycles. The highest BCUT2D eigenvalue weighted by atomic mass is 32.1. The number of rotatable bonds is 6. The Hall–Kier alpha value is -3.45. The summed E-state index contributed by atoms with van der Waals surface area (Å²) in [5.41, 5.74) is 2.13. The summed E-state index contributed by atoms with van der Waals surface area (Å²) in [7, 11) is 2.94. The van der Waals surface area contributed by atoms with Crippen molar-refractivity contribution in [2.24, 2.45) is 0 Å². The van der Waals surface area contributed by atoms with Crippen LogP contribution in [0.4, 0.5) is 0 Å². The van der Waals surface area contributed by atoms with E-state index in [9.17, 15) is 9.59 Å². The van der Waals surface area contributed by atoms with Crippen molar-refractivity contribution in [2.75, 3.05) is 14.2 Å². The summed E-state index contributed by atoms with van der Waals surface area (Å²) in [5.74, 6) is 0.653. The van der Waals surface area contributed by atoms with Crippen molar-refractivity contribution in [1.29, 1.82) is 0 Å². The number of nitrogens with zero attached hydrogens (tertiary/aromatic N) is 2. The molecule has 0 aliphatic rings. The van der Waals surface area contributed by atoms with Crippen LogP contribution in [0.25, 0.3) is 21.3 Å². The van der Waals surface area contributed by atoms with Crippen molar-refractivity contribution in [2.45, 2.75) is 26.3 Å². The molecule has 6 nitrogen and oxygen atoms in total. The van der Waals surface area contributed by atoms with E-state index in [0.29, 0.717) is 27.4 Å². The number of hydrogen-bond donors (Lipinski definition) is 0. The molecule has 164 valence electrons. The normalized spacial score (nSPS) is 12.0. The van der Waals surface area contributed by atoms with Crippen LogP contribution in [-0.4, -0.2) is 29.7 Å². The van der Waals surface area contributed by atoms with E-state index in [4.69, 9.17) is 14.5 Å². The fraction of sp³-hybridized carbons (Fsp3) is 0.240. The van der Waals surface area contributed by atoms with Crippen molar-refractivity contribution in [3.8, 4) is 16.9 Å². The van der Waals surface area contributed by atoms with E-state index in [1.807, 2.05) is 54.6 Å². The van der Waals surface area contributed by atoms with Gasteiger partial charge in [0.25, 0.3) is 5.56 Å². The quantitative estimate of drug-likeness (QED) is 0.398. The van der Waals surface area contributed by atoms with Crippen LogP contribution in [0.15, 0.2) is 59.4 Å². The number of benzene rings is 2. The predicted molar refractivity (Wildman–Crippen MR) is 127 cm³/mol. The van der Waals surface area contributed by atoms with Gasteiger partial charge in [0.2, 0.25) is 0 Å². The summed E-state index contributed by atoms with van der Waals surface area (Å²) < 4.78 is 11.9. The monoisotopic (exact) mass is 448 g/mol. The summed E-state index contributed by atoms with van der Waals surface area (Å²) in [6, 6.07) is 15.9. The molecule has 1 unspecified atom stereocenters. The highest BCUT2D eigenvalue weighted by molar-refractivity contribution is 7.19. The number of esters is 1. The molecule has 2 aromatic carbocycles. The first-order chi connectivity index (χ1) is 15.5. The molecule has 2 aromatic heterocycles. The number of fused-ring (bicyclic) bond motifs is 1. The average Bonchev–Trinajstić information content (AvgIpc) is 3.20. The van der Waals surface area contributed by atoms with E-state index in [1.165, 1.54) is 23.0 Å². The third-order valence-corrected chi connectivity index (χ3v) is 6.71. The van der Waals surface area contributed by atoms with Crippen LogP contribution in [0.2, 0.25) is 0 Å². The Morgan fingerprint density at radius 3 is 2.53 bits per heavy atom. The van der Waals surface area contributed by atoms with Gasteiger partial charge in [-0.2, -0.15) is 0 Å². The first-order valence-electron chi connectivity index (χ1n) is 10.3. The highest BCUT2D eigenvalue weighted by Crippen LogP contribution is 2.38. The zero-order chi connectivity index (χ0) is 22.8. The van der Waals surface area contributed by atoms with Crippen molar-refractivity contribution >= 4 is 27.5 Å². The number of thiophene rings is 1. The van der Waals surface area contributed by atoms with Gasteiger partial charge in [0, 0.05) is 10.4 Å². The molecule has 0 aliphatic carbocycles. The zero-order valence-electron chi connectivity index (χ0n) is 18.4. The molecule has 7 heteroatoms. The van der Waals surface area contributed by atoms with Gasteiger partial charge in [-0.3, -0.25) is 9.36 Å². The number of aryl methyl sites for hydroxylation is 2. The van der Waals surface area contributed by atoms with Crippen LogP contribution in [0.1, 0.15) is 29.2 Å². The minimum Gasteiger partial charge on any atom is -0.497 e. The molecule has 4 rings (SSSR count). The lowest BCUT2D eigenvalue weighted by Gasteiger charge is -2.20. The Balaban J connectivity index is 2.06. The lowest BCUT2D eigenvalue weighted by molar-refractivity contribution is -0.143. The Kier molecular flexibility index (Phi) is 6.10. The minimum atomic E-state index is -0.922.